The molecule has 1 atom stereocenters. The number of aromatic nitrogens is 1. The van der Waals surface area contributed by atoms with E-state index in [1.807, 2.05) is 0 Å². The predicted molar refractivity (Wildman–Crippen MR) is 76.2 cm³/mol. The monoisotopic (exact) mass is 280 g/mol. The van der Waals surface area contributed by atoms with Crippen LogP contribution in [0.1, 0.15) is 19.3 Å². The van der Waals surface area contributed by atoms with Crippen LogP contribution in [-0.2, 0) is 0 Å². The van der Waals surface area contributed by atoms with Crippen molar-refractivity contribution < 1.29 is 9.66 Å². The largest absolute Gasteiger partial charge is 0.481 e. The molecule has 2 heterocycles. The average molecular weight is 280 g/mol. The maximum atomic E-state index is 11.0. The Morgan fingerprint density at radius 1 is 1.55 bits per heavy atom. The summed E-state index contributed by atoms with van der Waals surface area (Å²) >= 11 is 0. The molecule has 0 saturated carbocycles. The van der Waals surface area contributed by atoms with E-state index < -0.39 is 4.92 Å². The minimum atomic E-state index is -0.431. The predicted octanol–water partition coefficient (Wildman–Crippen LogP) is 1.89. The van der Waals surface area contributed by atoms with Crippen molar-refractivity contribution >= 4 is 11.5 Å². The lowest BCUT2D eigenvalue weighted by atomic mass is 10.0. The van der Waals surface area contributed by atoms with Gasteiger partial charge in [-0.05, 0) is 26.4 Å². The molecular formula is C13H20N4O3. The molecule has 0 spiro atoms. The Hall–Kier alpha value is -1.89. The number of piperidine rings is 1. The van der Waals surface area contributed by atoms with E-state index in [9.17, 15) is 10.1 Å². The SMILES string of the molecule is COc1ccc([N+](=O)[O-])c(NCC2CCCCN2C)n1. The second-order valence-electron chi connectivity index (χ2n) is 4.99. The van der Waals surface area contributed by atoms with Crippen LogP contribution in [0.3, 0.4) is 0 Å². The van der Waals surface area contributed by atoms with Gasteiger partial charge in [-0.1, -0.05) is 6.42 Å². The highest BCUT2D eigenvalue weighted by molar-refractivity contribution is 5.57. The number of hydrogen-bond acceptors (Lipinski definition) is 6. The van der Waals surface area contributed by atoms with Gasteiger partial charge in [-0.15, -0.1) is 0 Å². The molecule has 1 saturated heterocycles. The van der Waals surface area contributed by atoms with Crippen molar-refractivity contribution in [3.8, 4) is 5.88 Å². The van der Waals surface area contributed by atoms with Crippen LogP contribution in [0.4, 0.5) is 11.5 Å². The number of nitrogens with zero attached hydrogens (tertiary/aromatic N) is 3. The van der Waals surface area contributed by atoms with Crippen LogP contribution in [0, 0.1) is 10.1 Å². The second-order valence-corrected chi connectivity index (χ2v) is 4.99. The molecule has 1 aromatic heterocycles. The van der Waals surface area contributed by atoms with Gasteiger partial charge in [0, 0.05) is 24.7 Å². The van der Waals surface area contributed by atoms with Crippen LogP contribution in [0.25, 0.3) is 0 Å². The summed E-state index contributed by atoms with van der Waals surface area (Å²) in [5, 5.41) is 14.1. The fraction of sp³-hybridized carbons (Fsp3) is 0.615. The third-order valence-electron chi connectivity index (χ3n) is 3.68. The van der Waals surface area contributed by atoms with Crippen LogP contribution in [0.5, 0.6) is 5.88 Å². The van der Waals surface area contributed by atoms with Gasteiger partial charge >= 0.3 is 5.69 Å². The fourth-order valence-corrected chi connectivity index (χ4v) is 2.44. The van der Waals surface area contributed by atoms with E-state index in [-0.39, 0.29) is 11.5 Å². The molecule has 2 rings (SSSR count). The Bertz CT molecular complexity index is 481. The number of nitro groups is 1. The molecule has 0 aliphatic carbocycles. The van der Waals surface area contributed by atoms with Gasteiger partial charge in [0.05, 0.1) is 12.0 Å². The Balaban J connectivity index is 2.08. The number of hydrogen-bond donors (Lipinski definition) is 1. The molecule has 1 aliphatic heterocycles. The van der Waals surface area contributed by atoms with Crippen molar-refractivity contribution in [2.75, 3.05) is 32.6 Å². The Morgan fingerprint density at radius 2 is 2.35 bits per heavy atom. The number of methoxy groups -OCH3 is 1. The highest BCUT2D eigenvalue weighted by Crippen LogP contribution is 2.25. The number of nitrogens with one attached hydrogen (secondary N) is 1. The van der Waals surface area contributed by atoms with E-state index in [4.69, 9.17) is 4.74 Å². The minimum Gasteiger partial charge on any atom is -0.481 e. The first-order chi connectivity index (χ1) is 9.61. The summed E-state index contributed by atoms with van der Waals surface area (Å²) in [5.41, 5.74) is -0.0238. The lowest BCUT2D eigenvalue weighted by molar-refractivity contribution is -0.384. The third-order valence-corrected chi connectivity index (χ3v) is 3.68. The molecule has 0 radical (unpaired) electrons. The molecule has 0 aromatic carbocycles. The highest BCUT2D eigenvalue weighted by atomic mass is 16.6. The molecule has 110 valence electrons. The first-order valence-electron chi connectivity index (χ1n) is 6.75. The Kier molecular flexibility index (Phi) is 4.73. The van der Waals surface area contributed by atoms with E-state index in [2.05, 4.69) is 22.2 Å². The van der Waals surface area contributed by atoms with Crippen LogP contribution in [0.15, 0.2) is 12.1 Å². The van der Waals surface area contributed by atoms with Gasteiger partial charge < -0.3 is 15.0 Å². The van der Waals surface area contributed by atoms with Crippen molar-refractivity contribution in [2.45, 2.75) is 25.3 Å². The Morgan fingerprint density at radius 3 is 3.00 bits per heavy atom. The van der Waals surface area contributed by atoms with Crippen molar-refractivity contribution in [1.29, 1.82) is 0 Å². The average Bonchev–Trinajstić information content (AvgIpc) is 2.46. The van der Waals surface area contributed by atoms with E-state index in [1.165, 1.54) is 32.1 Å². The van der Waals surface area contributed by atoms with Gasteiger partial charge in [0.15, 0.2) is 0 Å². The standard InChI is InChI=1S/C13H20N4O3/c1-16-8-4-3-5-10(16)9-14-13-11(17(18)19)6-7-12(15-13)20-2/h6-7,10H,3-5,8-9H2,1-2H3,(H,14,15). The maximum absolute atomic E-state index is 11.0. The quantitative estimate of drug-likeness (QED) is 0.655. The van der Waals surface area contributed by atoms with Gasteiger partial charge in [-0.3, -0.25) is 10.1 Å². The van der Waals surface area contributed by atoms with Crippen LogP contribution in [0.2, 0.25) is 0 Å². The van der Waals surface area contributed by atoms with Gasteiger partial charge in [-0.2, -0.15) is 4.98 Å². The zero-order valence-corrected chi connectivity index (χ0v) is 11.8. The molecule has 1 aliphatic rings. The first kappa shape index (κ1) is 14.5. The zero-order valence-electron chi connectivity index (χ0n) is 11.8. The molecule has 20 heavy (non-hydrogen) atoms. The number of likely N-dealkylation sites (N-methyl/N-ethyl adjacent to an activating group) is 1. The van der Waals surface area contributed by atoms with Gasteiger partial charge in [0.2, 0.25) is 11.7 Å². The van der Waals surface area contributed by atoms with Gasteiger partial charge in [0.1, 0.15) is 0 Å². The van der Waals surface area contributed by atoms with Crippen LogP contribution in [-0.4, -0.2) is 48.1 Å². The summed E-state index contributed by atoms with van der Waals surface area (Å²) in [5.74, 6) is 0.642. The van der Waals surface area contributed by atoms with Gasteiger partial charge in [-0.25, -0.2) is 0 Å². The first-order valence-corrected chi connectivity index (χ1v) is 6.75. The van der Waals surface area contributed by atoms with Crippen molar-refractivity contribution in [2.24, 2.45) is 0 Å². The molecule has 1 unspecified atom stereocenters. The van der Waals surface area contributed by atoms with Crippen molar-refractivity contribution in [3.05, 3.63) is 22.2 Å². The van der Waals surface area contributed by atoms with E-state index in [0.29, 0.717) is 18.5 Å². The van der Waals surface area contributed by atoms with Crippen LogP contribution < -0.4 is 10.1 Å². The number of rotatable bonds is 5. The second kappa shape index (κ2) is 6.51. The normalized spacial score (nSPS) is 19.6. The molecule has 7 heteroatoms. The molecule has 1 aromatic rings. The molecule has 0 bridgehead atoms. The van der Waals surface area contributed by atoms with Crippen LogP contribution >= 0.6 is 0 Å². The topological polar surface area (TPSA) is 80.5 Å². The van der Waals surface area contributed by atoms with Gasteiger partial charge in [0.25, 0.3) is 0 Å². The summed E-state index contributed by atoms with van der Waals surface area (Å²) < 4.78 is 5.02. The van der Waals surface area contributed by atoms with Crippen molar-refractivity contribution in [3.63, 3.8) is 0 Å². The molecule has 1 N–H and O–H groups in total. The minimum absolute atomic E-state index is 0.0238. The highest BCUT2D eigenvalue weighted by Gasteiger charge is 2.21. The third kappa shape index (κ3) is 3.36. The molecule has 1 fully saturated rings. The van der Waals surface area contributed by atoms with E-state index in [1.54, 1.807) is 0 Å². The summed E-state index contributed by atoms with van der Waals surface area (Å²) in [6, 6.07) is 3.30. The summed E-state index contributed by atoms with van der Waals surface area (Å²) in [6.07, 6.45) is 3.51. The summed E-state index contributed by atoms with van der Waals surface area (Å²) in [7, 11) is 3.58. The summed E-state index contributed by atoms with van der Waals surface area (Å²) in [4.78, 5) is 17.0. The fourth-order valence-electron chi connectivity index (χ4n) is 2.44. The Labute approximate surface area is 118 Å². The number of likely N-dealkylation sites (tertiary alicyclic amines) is 1. The molecule has 0 amide bonds. The van der Waals surface area contributed by atoms with E-state index in [0.717, 1.165) is 13.0 Å². The number of ether oxygens (including phenoxy) is 1. The lowest BCUT2D eigenvalue weighted by Gasteiger charge is -2.32. The van der Waals surface area contributed by atoms with E-state index >= 15 is 0 Å². The lowest BCUT2D eigenvalue weighted by Crippen LogP contribution is -2.40. The van der Waals surface area contributed by atoms with Crippen molar-refractivity contribution in [1.82, 2.24) is 9.88 Å². The maximum Gasteiger partial charge on any atom is 0.311 e. The molecule has 7 nitrogen and oxygen atoms in total. The summed E-state index contributed by atoms with van der Waals surface area (Å²) in [6.45, 7) is 1.72. The number of pyridine rings is 1. The smallest absolute Gasteiger partial charge is 0.311 e. The molecular weight excluding hydrogens is 260 g/mol. The zero-order chi connectivity index (χ0) is 14.5. The number of anilines is 1.